The van der Waals surface area contributed by atoms with E-state index in [1.807, 2.05) is 0 Å². The highest BCUT2D eigenvalue weighted by atomic mass is 16.7. The quantitative estimate of drug-likeness (QED) is 0.766. The number of carbonyl (C=O) groups is 2. The van der Waals surface area contributed by atoms with Crippen molar-refractivity contribution in [1.29, 1.82) is 0 Å². The van der Waals surface area contributed by atoms with E-state index < -0.39 is 18.5 Å². The highest BCUT2D eigenvalue weighted by Crippen LogP contribution is 2.13. The van der Waals surface area contributed by atoms with Crippen molar-refractivity contribution in [2.24, 2.45) is 0 Å². The molecule has 0 aromatic rings. The molecule has 1 heterocycles. The van der Waals surface area contributed by atoms with Crippen LogP contribution in [-0.2, 0) is 18.9 Å². The lowest BCUT2D eigenvalue weighted by molar-refractivity contribution is -0.0301. The summed E-state index contributed by atoms with van der Waals surface area (Å²) in [7, 11) is 0. The Kier molecular flexibility index (Phi) is 6.27. The van der Waals surface area contributed by atoms with E-state index in [2.05, 4.69) is 14.8 Å². The first kappa shape index (κ1) is 14.6. The Hall–Kier alpha value is -1.50. The smallest absolute Gasteiger partial charge is 0.435 e. The van der Waals surface area contributed by atoms with Crippen LogP contribution >= 0.6 is 0 Å². The van der Waals surface area contributed by atoms with Crippen molar-refractivity contribution >= 4 is 12.3 Å². The highest BCUT2D eigenvalue weighted by Gasteiger charge is 2.26. The summed E-state index contributed by atoms with van der Waals surface area (Å²) in [6.07, 6.45) is -0.857. The average Bonchev–Trinajstić information content (AvgIpc) is 2.32. The summed E-state index contributed by atoms with van der Waals surface area (Å²) < 4.78 is 19.4. The van der Waals surface area contributed by atoms with Gasteiger partial charge in [-0.05, 0) is 20.3 Å². The Balaban J connectivity index is 2.20. The molecule has 0 spiro atoms. The normalized spacial score (nSPS) is 23.0. The molecule has 0 aliphatic carbocycles. The molecule has 0 aromatic heterocycles. The third kappa shape index (κ3) is 5.22. The van der Waals surface area contributed by atoms with Crippen molar-refractivity contribution in [3.8, 4) is 0 Å². The van der Waals surface area contributed by atoms with Crippen LogP contribution in [0.2, 0.25) is 0 Å². The van der Waals surface area contributed by atoms with Gasteiger partial charge in [0.2, 0.25) is 0 Å². The van der Waals surface area contributed by atoms with Crippen LogP contribution in [0.1, 0.15) is 26.7 Å². The number of hydrogen-bond acceptors (Lipinski definition) is 7. The highest BCUT2D eigenvalue weighted by molar-refractivity contribution is 5.60. The van der Waals surface area contributed by atoms with Gasteiger partial charge in [0.25, 0.3) is 0 Å². The van der Waals surface area contributed by atoms with Crippen LogP contribution in [-0.4, -0.2) is 44.4 Å². The van der Waals surface area contributed by atoms with E-state index in [0.717, 1.165) is 0 Å². The topological polar surface area (TPSA) is 83.1 Å². The molecule has 1 aliphatic rings. The molecule has 0 saturated carbocycles. The van der Waals surface area contributed by atoms with E-state index in [0.29, 0.717) is 19.4 Å². The largest absolute Gasteiger partial charge is 0.509 e. The number of rotatable bonds is 4. The van der Waals surface area contributed by atoms with Crippen LogP contribution < -0.4 is 5.32 Å². The number of hydrogen-bond donors (Lipinski definition) is 1. The molecule has 2 unspecified atom stereocenters. The van der Waals surface area contributed by atoms with Crippen LogP contribution in [0, 0.1) is 0 Å². The Morgan fingerprint density at radius 2 is 1.67 bits per heavy atom. The molecular weight excluding hydrogens is 242 g/mol. The molecule has 104 valence electrons. The molecule has 7 nitrogen and oxygen atoms in total. The van der Waals surface area contributed by atoms with Gasteiger partial charge in [-0.3, -0.25) is 5.32 Å². The van der Waals surface area contributed by atoms with Gasteiger partial charge in [-0.2, -0.15) is 0 Å². The molecule has 1 rings (SSSR count). The second kappa shape index (κ2) is 7.75. The molecule has 1 aliphatic heterocycles. The van der Waals surface area contributed by atoms with Gasteiger partial charge in [-0.25, -0.2) is 9.59 Å². The monoisotopic (exact) mass is 261 g/mol. The number of nitrogens with one attached hydrogen (secondary N) is 1. The molecule has 0 amide bonds. The summed E-state index contributed by atoms with van der Waals surface area (Å²) in [6.45, 7) is 4.40. The predicted octanol–water partition coefficient (Wildman–Crippen LogP) is 1.41. The fourth-order valence-corrected chi connectivity index (χ4v) is 1.56. The zero-order valence-electron chi connectivity index (χ0n) is 10.6. The lowest BCUT2D eigenvalue weighted by atomic mass is 10.1. The van der Waals surface area contributed by atoms with E-state index >= 15 is 0 Å². The van der Waals surface area contributed by atoms with E-state index in [1.165, 1.54) is 0 Å². The molecule has 1 saturated heterocycles. The second-order valence-corrected chi connectivity index (χ2v) is 3.70. The number of ether oxygens (including phenoxy) is 4. The SMILES string of the molecule is CCOC(=O)OC1CCC(OC(=O)OCC)NC1. The van der Waals surface area contributed by atoms with Crippen LogP contribution in [0.4, 0.5) is 9.59 Å². The summed E-state index contributed by atoms with van der Waals surface area (Å²) in [4.78, 5) is 22.1. The van der Waals surface area contributed by atoms with Gasteiger partial charge >= 0.3 is 12.3 Å². The van der Waals surface area contributed by atoms with Gasteiger partial charge in [-0.1, -0.05) is 0 Å². The Morgan fingerprint density at radius 1 is 1.06 bits per heavy atom. The van der Waals surface area contributed by atoms with Crippen LogP contribution in [0.3, 0.4) is 0 Å². The first-order valence-corrected chi connectivity index (χ1v) is 6.05. The molecule has 7 heteroatoms. The first-order chi connectivity index (χ1) is 8.65. The van der Waals surface area contributed by atoms with Gasteiger partial charge in [-0.15, -0.1) is 0 Å². The molecular formula is C11H19NO6. The van der Waals surface area contributed by atoms with Crippen molar-refractivity contribution in [2.75, 3.05) is 19.8 Å². The summed E-state index contributed by atoms with van der Waals surface area (Å²) >= 11 is 0. The standard InChI is InChI=1S/C11H19NO6/c1-3-15-10(13)17-8-5-6-9(12-7-8)18-11(14)16-4-2/h8-9,12H,3-7H2,1-2H3. The van der Waals surface area contributed by atoms with Crippen molar-refractivity contribution in [3.63, 3.8) is 0 Å². The van der Waals surface area contributed by atoms with Crippen LogP contribution in [0.15, 0.2) is 0 Å². The lowest BCUT2D eigenvalue weighted by Crippen LogP contribution is -2.45. The van der Waals surface area contributed by atoms with Gasteiger partial charge in [0, 0.05) is 13.0 Å². The fraction of sp³-hybridized carbons (Fsp3) is 0.818. The molecule has 0 aromatic carbocycles. The molecule has 18 heavy (non-hydrogen) atoms. The van der Waals surface area contributed by atoms with Crippen LogP contribution in [0.25, 0.3) is 0 Å². The predicted molar refractivity (Wildman–Crippen MR) is 61.0 cm³/mol. The second-order valence-electron chi connectivity index (χ2n) is 3.70. The fourth-order valence-electron chi connectivity index (χ4n) is 1.56. The lowest BCUT2D eigenvalue weighted by Gasteiger charge is -2.28. The van der Waals surface area contributed by atoms with Gasteiger partial charge < -0.3 is 18.9 Å². The van der Waals surface area contributed by atoms with E-state index in [9.17, 15) is 9.59 Å². The first-order valence-electron chi connectivity index (χ1n) is 6.05. The zero-order chi connectivity index (χ0) is 13.4. The van der Waals surface area contributed by atoms with Gasteiger partial charge in [0.1, 0.15) is 6.10 Å². The summed E-state index contributed by atoms with van der Waals surface area (Å²) in [5.41, 5.74) is 0. The summed E-state index contributed by atoms with van der Waals surface area (Å²) in [6, 6.07) is 0. The molecule has 1 N–H and O–H groups in total. The number of piperidine rings is 1. The molecule has 2 atom stereocenters. The van der Waals surface area contributed by atoms with Crippen molar-refractivity contribution in [3.05, 3.63) is 0 Å². The van der Waals surface area contributed by atoms with E-state index in [4.69, 9.17) is 9.47 Å². The average molecular weight is 261 g/mol. The third-order valence-corrected chi connectivity index (χ3v) is 2.35. The maximum atomic E-state index is 11.1. The molecule has 0 bridgehead atoms. The minimum Gasteiger partial charge on any atom is -0.435 e. The Morgan fingerprint density at radius 3 is 2.17 bits per heavy atom. The van der Waals surface area contributed by atoms with E-state index in [-0.39, 0.29) is 19.3 Å². The zero-order valence-corrected chi connectivity index (χ0v) is 10.6. The van der Waals surface area contributed by atoms with Crippen molar-refractivity contribution in [1.82, 2.24) is 5.32 Å². The number of carbonyl (C=O) groups excluding carboxylic acids is 2. The minimum absolute atomic E-state index is 0.258. The van der Waals surface area contributed by atoms with Crippen molar-refractivity contribution < 1.29 is 28.5 Å². The minimum atomic E-state index is -0.695. The van der Waals surface area contributed by atoms with Gasteiger partial charge in [0.15, 0.2) is 6.23 Å². The van der Waals surface area contributed by atoms with Crippen LogP contribution in [0.5, 0.6) is 0 Å². The summed E-state index contributed by atoms with van der Waals surface area (Å²) in [5, 5.41) is 2.95. The third-order valence-electron chi connectivity index (χ3n) is 2.35. The Labute approximate surface area is 106 Å². The van der Waals surface area contributed by atoms with Crippen molar-refractivity contribution in [2.45, 2.75) is 39.0 Å². The Bertz CT molecular complexity index is 247. The maximum Gasteiger partial charge on any atom is 0.509 e. The maximum absolute atomic E-state index is 11.1. The summed E-state index contributed by atoms with van der Waals surface area (Å²) in [5.74, 6) is 0. The van der Waals surface area contributed by atoms with E-state index in [1.54, 1.807) is 13.8 Å². The van der Waals surface area contributed by atoms with Gasteiger partial charge in [0.05, 0.1) is 13.2 Å². The molecule has 1 fully saturated rings. The molecule has 0 radical (unpaired) electrons.